The molecule has 34 heavy (non-hydrogen) atoms. The zero-order valence-electron chi connectivity index (χ0n) is 17.8. The van der Waals surface area contributed by atoms with Crippen LogP contribution in [0.2, 0.25) is 0 Å². The van der Waals surface area contributed by atoms with Crippen LogP contribution in [0.4, 0.5) is 5.69 Å². The van der Waals surface area contributed by atoms with E-state index >= 15 is 0 Å². The zero-order valence-corrected chi connectivity index (χ0v) is 17.8. The number of nitro groups is 1. The number of hydrogen-bond acceptors (Lipinski definition) is 5. The molecule has 0 spiro atoms. The van der Waals surface area contributed by atoms with Crippen molar-refractivity contribution in [2.24, 2.45) is 0 Å². The molecule has 4 aromatic rings. The predicted octanol–water partition coefficient (Wildman–Crippen LogP) is 6.09. The van der Waals surface area contributed by atoms with E-state index in [-0.39, 0.29) is 23.4 Å². The van der Waals surface area contributed by atoms with Gasteiger partial charge in [-0.15, -0.1) is 0 Å². The van der Waals surface area contributed by atoms with E-state index in [4.69, 9.17) is 9.84 Å². The number of fused-ring (bicyclic) bond motifs is 1. The van der Waals surface area contributed by atoms with Gasteiger partial charge in [-0.2, -0.15) is 5.26 Å². The van der Waals surface area contributed by atoms with Crippen molar-refractivity contribution in [2.45, 2.75) is 6.61 Å². The molecule has 0 bridgehead atoms. The Bertz CT molecular complexity index is 1470. The first kappa shape index (κ1) is 22.2. The lowest BCUT2D eigenvalue weighted by molar-refractivity contribution is -0.384. The third-order valence-electron chi connectivity index (χ3n) is 5.30. The monoisotopic (exact) mass is 450 g/mol. The van der Waals surface area contributed by atoms with Gasteiger partial charge in [-0.1, -0.05) is 54.6 Å². The van der Waals surface area contributed by atoms with Crippen molar-refractivity contribution >= 4 is 34.1 Å². The Morgan fingerprint density at radius 2 is 1.76 bits per heavy atom. The standard InChI is InChI=1S/C27H18N2O5/c28-16-22(21-5-3-6-23(14-21)29(32)33)15-25-24-7-2-1-4-19(24)12-13-26(25)34-17-18-8-10-20(11-9-18)27(30)31/h1-15H,17H2,(H,30,31). The van der Waals surface area contributed by atoms with Gasteiger partial charge in [0.05, 0.1) is 22.1 Å². The van der Waals surface area contributed by atoms with E-state index in [0.29, 0.717) is 16.9 Å². The largest absolute Gasteiger partial charge is 0.488 e. The summed E-state index contributed by atoms with van der Waals surface area (Å²) in [6.07, 6.45) is 1.67. The van der Waals surface area contributed by atoms with Gasteiger partial charge in [-0.3, -0.25) is 10.1 Å². The summed E-state index contributed by atoms with van der Waals surface area (Å²) >= 11 is 0. The zero-order chi connectivity index (χ0) is 24.1. The number of nitrogens with zero attached hydrogens (tertiary/aromatic N) is 2. The molecule has 4 aromatic carbocycles. The van der Waals surface area contributed by atoms with Crippen molar-refractivity contribution in [3.8, 4) is 11.8 Å². The Hall–Kier alpha value is -4.96. The Balaban J connectivity index is 1.75. The molecule has 0 unspecified atom stereocenters. The van der Waals surface area contributed by atoms with E-state index in [1.807, 2.05) is 36.4 Å². The third-order valence-corrected chi connectivity index (χ3v) is 5.30. The second kappa shape index (κ2) is 9.67. The normalized spacial score (nSPS) is 11.1. The lowest BCUT2D eigenvalue weighted by Gasteiger charge is -2.13. The van der Waals surface area contributed by atoms with Crippen molar-refractivity contribution < 1.29 is 19.6 Å². The van der Waals surface area contributed by atoms with Crippen LogP contribution in [0.25, 0.3) is 22.4 Å². The van der Waals surface area contributed by atoms with Gasteiger partial charge >= 0.3 is 5.97 Å². The summed E-state index contributed by atoms with van der Waals surface area (Å²) in [5.74, 6) is -0.473. The van der Waals surface area contributed by atoms with Crippen LogP contribution in [0, 0.1) is 21.4 Å². The molecule has 4 rings (SSSR count). The first-order valence-corrected chi connectivity index (χ1v) is 10.3. The molecule has 166 valence electrons. The third kappa shape index (κ3) is 4.76. The molecule has 0 aromatic heterocycles. The second-order valence-corrected chi connectivity index (χ2v) is 7.47. The maximum atomic E-state index is 11.2. The summed E-state index contributed by atoms with van der Waals surface area (Å²) in [6.45, 7) is 0.192. The number of benzene rings is 4. The number of carboxylic acid groups (broad SMARTS) is 1. The molecule has 0 aliphatic carbocycles. The van der Waals surface area contributed by atoms with Gasteiger partial charge in [0.25, 0.3) is 5.69 Å². The van der Waals surface area contributed by atoms with Gasteiger partial charge in [0.2, 0.25) is 0 Å². The van der Waals surface area contributed by atoms with Gasteiger partial charge < -0.3 is 9.84 Å². The van der Waals surface area contributed by atoms with Gasteiger partial charge in [0, 0.05) is 17.7 Å². The minimum atomic E-state index is -1.00. The van der Waals surface area contributed by atoms with Crippen LogP contribution in [-0.2, 0) is 6.61 Å². The molecule has 0 aliphatic heterocycles. The van der Waals surface area contributed by atoms with Crippen molar-refractivity contribution in [3.05, 3.63) is 117 Å². The molecular formula is C27H18N2O5. The van der Waals surface area contributed by atoms with Crippen LogP contribution in [0.5, 0.6) is 5.75 Å². The first-order chi connectivity index (χ1) is 16.5. The quantitative estimate of drug-likeness (QED) is 0.158. The number of ether oxygens (including phenoxy) is 1. The number of nitro benzene ring substituents is 1. The Labute approximate surface area is 194 Å². The highest BCUT2D eigenvalue weighted by atomic mass is 16.6. The lowest BCUT2D eigenvalue weighted by atomic mass is 9.98. The summed E-state index contributed by atoms with van der Waals surface area (Å²) in [5.41, 5.74) is 2.23. The van der Waals surface area contributed by atoms with Crippen LogP contribution < -0.4 is 4.74 Å². The second-order valence-electron chi connectivity index (χ2n) is 7.47. The summed E-state index contributed by atoms with van der Waals surface area (Å²) < 4.78 is 6.07. The van der Waals surface area contributed by atoms with Crippen molar-refractivity contribution in [3.63, 3.8) is 0 Å². The number of hydrogen-bond donors (Lipinski definition) is 1. The summed E-state index contributed by atoms with van der Waals surface area (Å²) in [4.78, 5) is 21.7. The highest BCUT2D eigenvalue weighted by molar-refractivity contribution is 6.00. The van der Waals surface area contributed by atoms with Gasteiger partial charge in [0.1, 0.15) is 12.4 Å². The van der Waals surface area contributed by atoms with Crippen LogP contribution in [-0.4, -0.2) is 16.0 Å². The molecule has 0 fully saturated rings. The first-order valence-electron chi connectivity index (χ1n) is 10.3. The Morgan fingerprint density at radius 3 is 2.47 bits per heavy atom. The average molecular weight is 450 g/mol. The van der Waals surface area contributed by atoms with Crippen molar-refractivity contribution in [2.75, 3.05) is 0 Å². The smallest absolute Gasteiger partial charge is 0.335 e. The van der Waals surface area contributed by atoms with Gasteiger partial charge in [-0.25, -0.2) is 4.79 Å². The minimum absolute atomic E-state index is 0.0992. The summed E-state index contributed by atoms with van der Waals surface area (Å²) in [6, 6.07) is 25.8. The van der Waals surface area contributed by atoms with E-state index in [1.54, 1.807) is 30.3 Å². The molecule has 0 radical (unpaired) electrons. The number of rotatable bonds is 7. The summed E-state index contributed by atoms with van der Waals surface area (Å²) in [5, 5.41) is 31.9. The van der Waals surface area contributed by atoms with Crippen LogP contribution in [0.1, 0.15) is 27.0 Å². The van der Waals surface area contributed by atoms with E-state index in [1.165, 1.54) is 24.3 Å². The molecule has 0 saturated carbocycles. The maximum absolute atomic E-state index is 11.2. The average Bonchev–Trinajstić information content (AvgIpc) is 2.86. The number of carbonyl (C=O) groups is 1. The number of non-ortho nitro benzene ring substituents is 1. The molecular weight excluding hydrogens is 432 g/mol. The Kier molecular flexibility index (Phi) is 6.33. The van der Waals surface area contributed by atoms with Crippen molar-refractivity contribution in [1.82, 2.24) is 0 Å². The van der Waals surface area contributed by atoms with Crippen LogP contribution >= 0.6 is 0 Å². The molecule has 7 nitrogen and oxygen atoms in total. The highest BCUT2D eigenvalue weighted by Crippen LogP contribution is 2.33. The number of nitriles is 1. The number of aromatic carboxylic acids is 1. The van der Waals surface area contributed by atoms with Crippen molar-refractivity contribution in [1.29, 1.82) is 5.26 Å². The molecule has 0 aliphatic rings. The predicted molar refractivity (Wildman–Crippen MR) is 128 cm³/mol. The maximum Gasteiger partial charge on any atom is 0.335 e. The highest BCUT2D eigenvalue weighted by Gasteiger charge is 2.13. The topological polar surface area (TPSA) is 113 Å². The molecule has 0 atom stereocenters. The van der Waals surface area contributed by atoms with Gasteiger partial charge in [0.15, 0.2) is 0 Å². The molecule has 0 heterocycles. The fourth-order valence-corrected chi connectivity index (χ4v) is 3.57. The number of allylic oxidation sites excluding steroid dienone is 1. The van der Waals surface area contributed by atoms with E-state index in [2.05, 4.69) is 6.07 Å². The fraction of sp³-hybridized carbons (Fsp3) is 0.0370. The summed E-state index contributed by atoms with van der Waals surface area (Å²) in [7, 11) is 0. The fourth-order valence-electron chi connectivity index (χ4n) is 3.57. The van der Waals surface area contributed by atoms with Crippen LogP contribution in [0.15, 0.2) is 84.9 Å². The van der Waals surface area contributed by atoms with Crippen LogP contribution in [0.3, 0.4) is 0 Å². The lowest BCUT2D eigenvalue weighted by Crippen LogP contribution is -2.00. The molecule has 0 amide bonds. The molecule has 1 N–H and O–H groups in total. The minimum Gasteiger partial charge on any atom is -0.488 e. The SMILES string of the molecule is N#CC(=Cc1c(OCc2ccc(C(=O)O)cc2)ccc2ccccc12)c1cccc([N+](=O)[O-])c1. The Morgan fingerprint density at radius 1 is 1.00 bits per heavy atom. The van der Waals surface area contributed by atoms with Gasteiger partial charge in [-0.05, 0) is 46.2 Å². The molecule has 7 heteroatoms. The molecule has 0 saturated heterocycles. The van der Waals surface area contributed by atoms with E-state index < -0.39 is 10.9 Å². The number of carboxylic acids is 1. The van der Waals surface area contributed by atoms with E-state index in [0.717, 1.165) is 16.3 Å². The van der Waals surface area contributed by atoms with E-state index in [9.17, 15) is 20.2 Å².